The highest BCUT2D eigenvalue weighted by atomic mass is 32.2. The lowest BCUT2D eigenvalue weighted by Gasteiger charge is -2.21. The summed E-state index contributed by atoms with van der Waals surface area (Å²) in [6.45, 7) is 2.05. The van der Waals surface area contributed by atoms with Gasteiger partial charge >= 0.3 is 0 Å². The quantitative estimate of drug-likeness (QED) is 0.927. The molecular formula is C14H17N3OS. The highest BCUT2D eigenvalue weighted by Gasteiger charge is 2.18. The minimum Gasteiger partial charge on any atom is -0.316 e. The number of nitrogens with zero attached hydrogens (tertiary/aromatic N) is 2. The summed E-state index contributed by atoms with van der Waals surface area (Å²) in [5, 5.41) is 3.95. The van der Waals surface area contributed by atoms with Crippen molar-refractivity contribution in [1.82, 2.24) is 15.3 Å². The van der Waals surface area contributed by atoms with Crippen molar-refractivity contribution in [2.75, 3.05) is 18.8 Å². The number of benzene rings is 1. The van der Waals surface area contributed by atoms with Crippen LogP contribution in [0, 0.1) is 5.92 Å². The van der Waals surface area contributed by atoms with E-state index in [-0.39, 0.29) is 0 Å². The molecule has 0 unspecified atom stereocenters. The van der Waals surface area contributed by atoms with Crippen LogP contribution in [0.15, 0.2) is 35.5 Å². The highest BCUT2D eigenvalue weighted by Crippen LogP contribution is 2.16. The largest absolute Gasteiger partial charge is 0.316 e. The number of piperidine rings is 1. The SMILES string of the molecule is O=[S@](C[C@@H]1CCCNC1)c1cnc2ccccc2n1. The van der Waals surface area contributed by atoms with Gasteiger partial charge in [-0.15, -0.1) is 0 Å². The third-order valence-electron chi connectivity index (χ3n) is 3.45. The Kier molecular flexibility index (Phi) is 3.84. The summed E-state index contributed by atoms with van der Waals surface area (Å²) in [4.78, 5) is 8.78. The fourth-order valence-corrected chi connectivity index (χ4v) is 3.67. The van der Waals surface area contributed by atoms with Crippen LogP contribution in [-0.4, -0.2) is 33.0 Å². The van der Waals surface area contributed by atoms with Crippen LogP contribution in [0.25, 0.3) is 11.0 Å². The first-order valence-corrected chi connectivity index (χ1v) is 7.96. The number of fused-ring (bicyclic) bond motifs is 1. The number of aromatic nitrogens is 2. The molecule has 2 heterocycles. The summed E-state index contributed by atoms with van der Waals surface area (Å²) in [6.07, 6.45) is 3.97. The van der Waals surface area contributed by atoms with Gasteiger partial charge in [0.25, 0.3) is 0 Å². The van der Waals surface area contributed by atoms with Crippen LogP contribution in [0.2, 0.25) is 0 Å². The van der Waals surface area contributed by atoms with E-state index < -0.39 is 10.8 Å². The number of hydrogen-bond donors (Lipinski definition) is 1. The molecule has 0 radical (unpaired) electrons. The molecule has 1 aliphatic rings. The number of hydrogen-bond acceptors (Lipinski definition) is 4. The topological polar surface area (TPSA) is 54.9 Å². The van der Waals surface area contributed by atoms with Crippen molar-refractivity contribution >= 4 is 21.8 Å². The Morgan fingerprint density at radius 2 is 2.16 bits per heavy atom. The summed E-state index contributed by atoms with van der Waals surface area (Å²) in [5.74, 6) is 1.17. The van der Waals surface area contributed by atoms with Gasteiger partial charge < -0.3 is 5.32 Å². The Hall–Kier alpha value is -1.33. The van der Waals surface area contributed by atoms with Gasteiger partial charge in [0.05, 0.1) is 28.0 Å². The lowest BCUT2D eigenvalue weighted by Crippen LogP contribution is -2.32. The molecule has 0 aliphatic carbocycles. The molecule has 1 aliphatic heterocycles. The Labute approximate surface area is 115 Å². The van der Waals surface area contributed by atoms with E-state index in [9.17, 15) is 4.21 Å². The van der Waals surface area contributed by atoms with Gasteiger partial charge in [0.15, 0.2) is 0 Å². The van der Waals surface area contributed by atoms with E-state index in [4.69, 9.17) is 0 Å². The molecule has 1 saturated heterocycles. The van der Waals surface area contributed by atoms with Crippen molar-refractivity contribution < 1.29 is 4.21 Å². The van der Waals surface area contributed by atoms with Crippen LogP contribution in [0.4, 0.5) is 0 Å². The molecule has 2 aromatic rings. The van der Waals surface area contributed by atoms with Crippen LogP contribution >= 0.6 is 0 Å². The lowest BCUT2D eigenvalue weighted by atomic mass is 10.0. The van der Waals surface area contributed by atoms with Crippen molar-refractivity contribution in [3.8, 4) is 0 Å². The summed E-state index contributed by atoms with van der Waals surface area (Å²) in [5.41, 5.74) is 1.66. The van der Waals surface area contributed by atoms with Crippen molar-refractivity contribution in [2.24, 2.45) is 5.92 Å². The summed E-state index contributed by atoms with van der Waals surface area (Å²) < 4.78 is 12.3. The Bertz CT molecular complexity index is 596. The molecule has 4 nitrogen and oxygen atoms in total. The average molecular weight is 275 g/mol. The van der Waals surface area contributed by atoms with Gasteiger partial charge in [-0.25, -0.2) is 4.98 Å². The predicted molar refractivity (Wildman–Crippen MR) is 76.4 cm³/mol. The van der Waals surface area contributed by atoms with Crippen LogP contribution in [-0.2, 0) is 10.8 Å². The first kappa shape index (κ1) is 12.7. The Morgan fingerprint density at radius 1 is 1.32 bits per heavy atom. The van der Waals surface area contributed by atoms with Crippen molar-refractivity contribution in [1.29, 1.82) is 0 Å². The van der Waals surface area contributed by atoms with E-state index in [1.807, 2.05) is 24.3 Å². The van der Waals surface area contributed by atoms with Gasteiger partial charge in [-0.2, -0.15) is 0 Å². The standard InChI is InChI=1S/C14H17N3OS/c18-19(10-11-4-3-7-15-8-11)14-9-16-12-5-1-2-6-13(12)17-14/h1-2,5-6,9,11,15H,3-4,7-8,10H2/t11-,19-/m1/s1. The van der Waals surface area contributed by atoms with Crippen LogP contribution < -0.4 is 5.32 Å². The van der Waals surface area contributed by atoms with E-state index in [2.05, 4.69) is 15.3 Å². The smallest absolute Gasteiger partial charge is 0.146 e. The molecule has 1 N–H and O–H groups in total. The summed E-state index contributed by atoms with van der Waals surface area (Å²) in [6, 6.07) is 7.68. The maximum absolute atomic E-state index is 12.3. The number of para-hydroxylation sites is 2. The first-order chi connectivity index (χ1) is 9.33. The highest BCUT2D eigenvalue weighted by molar-refractivity contribution is 7.84. The van der Waals surface area contributed by atoms with E-state index in [0.717, 1.165) is 30.5 Å². The molecule has 0 amide bonds. The molecule has 0 spiro atoms. The van der Waals surface area contributed by atoms with Crippen molar-refractivity contribution in [3.05, 3.63) is 30.5 Å². The fraction of sp³-hybridized carbons (Fsp3) is 0.429. The minimum atomic E-state index is -1.05. The number of rotatable bonds is 3. The zero-order valence-electron chi connectivity index (χ0n) is 10.7. The normalized spacial score (nSPS) is 21.4. The summed E-state index contributed by atoms with van der Waals surface area (Å²) in [7, 11) is -1.05. The van der Waals surface area contributed by atoms with E-state index in [1.54, 1.807) is 6.20 Å². The monoisotopic (exact) mass is 275 g/mol. The van der Waals surface area contributed by atoms with Gasteiger partial charge in [-0.1, -0.05) is 12.1 Å². The van der Waals surface area contributed by atoms with Gasteiger partial charge in [0.2, 0.25) is 0 Å². The molecule has 0 bridgehead atoms. The molecular weight excluding hydrogens is 258 g/mol. The fourth-order valence-electron chi connectivity index (χ4n) is 2.42. The molecule has 1 fully saturated rings. The lowest BCUT2D eigenvalue weighted by molar-refractivity contribution is 0.408. The minimum absolute atomic E-state index is 0.489. The van der Waals surface area contributed by atoms with E-state index in [0.29, 0.717) is 16.7 Å². The van der Waals surface area contributed by atoms with Gasteiger partial charge in [0, 0.05) is 5.75 Å². The molecule has 1 aromatic heterocycles. The average Bonchev–Trinajstić information content (AvgIpc) is 2.48. The van der Waals surface area contributed by atoms with E-state index in [1.165, 1.54) is 6.42 Å². The zero-order valence-corrected chi connectivity index (χ0v) is 11.5. The predicted octanol–water partition coefficient (Wildman–Crippen LogP) is 1.74. The molecule has 19 heavy (non-hydrogen) atoms. The Morgan fingerprint density at radius 3 is 2.95 bits per heavy atom. The first-order valence-electron chi connectivity index (χ1n) is 6.64. The van der Waals surface area contributed by atoms with Gasteiger partial charge in [0.1, 0.15) is 5.03 Å². The van der Waals surface area contributed by atoms with Crippen molar-refractivity contribution in [3.63, 3.8) is 0 Å². The van der Waals surface area contributed by atoms with Crippen LogP contribution in [0.5, 0.6) is 0 Å². The third kappa shape index (κ3) is 2.98. The third-order valence-corrected chi connectivity index (χ3v) is 4.88. The summed E-state index contributed by atoms with van der Waals surface area (Å²) >= 11 is 0. The maximum atomic E-state index is 12.3. The second kappa shape index (κ2) is 5.75. The van der Waals surface area contributed by atoms with Crippen molar-refractivity contribution in [2.45, 2.75) is 17.9 Å². The molecule has 3 rings (SSSR count). The molecule has 2 atom stereocenters. The molecule has 1 aromatic carbocycles. The second-order valence-corrected chi connectivity index (χ2v) is 6.36. The van der Waals surface area contributed by atoms with E-state index >= 15 is 0 Å². The van der Waals surface area contributed by atoms with Gasteiger partial charge in [-0.05, 0) is 44.0 Å². The zero-order chi connectivity index (χ0) is 13.1. The second-order valence-electron chi connectivity index (χ2n) is 4.92. The van der Waals surface area contributed by atoms with Crippen LogP contribution in [0.1, 0.15) is 12.8 Å². The maximum Gasteiger partial charge on any atom is 0.146 e. The molecule has 100 valence electrons. The molecule has 5 heteroatoms. The van der Waals surface area contributed by atoms with Crippen LogP contribution in [0.3, 0.4) is 0 Å². The Balaban J connectivity index is 1.77. The molecule has 0 saturated carbocycles. The number of nitrogens with one attached hydrogen (secondary N) is 1. The van der Waals surface area contributed by atoms with Gasteiger partial charge in [-0.3, -0.25) is 9.19 Å².